The molecule has 0 saturated heterocycles. The zero-order valence-electron chi connectivity index (χ0n) is 13.7. The molecule has 0 bridgehead atoms. The Morgan fingerprint density at radius 3 is 2.68 bits per heavy atom. The van der Waals surface area contributed by atoms with Crippen LogP contribution in [0.1, 0.15) is 58.9 Å². The Labute approximate surface area is 131 Å². The predicted octanol–water partition coefficient (Wildman–Crippen LogP) is 2.92. The second kappa shape index (κ2) is 5.89. The Hall–Kier alpha value is -1.59. The molecule has 6 heteroatoms. The van der Waals surface area contributed by atoms with E-state index in [-0.39, 0.29) is 12.1 Å². The van der Waals surface area contributed by atoms with E-state index in [2.05, 4.69) is 15.6 Å². The molecule has 2 aliphatic rings. The number of nitrogens with zero attached hydrogens (tertiary/aromatic N) is 3. The van der Waals surface area contributed by atoms with Crippen molar-refractivity contribution in [3.8, 4) is 0 Å². The Kier molecular flexibility index (Phi) is 4.10. The highest BCUT2D eigenvalue weighted by Gasteiger charge is 2.40. The molecule has 2 aliphatic carbocycles. The molecule has 2 fully saturated rings. The molecule has 6 nitrogen and oxygen atoms in total. The molecule has 4 atom stereocenters. The van der Waals surface area contributed by atoms with Crippen molar-refractivity contribution in [2.45, 2.75) is 70.6 Å². The highest BCUT2D eigenvalue weighted by molar-refractivity contribution is 5.68. The summed E-state index contributed by atoms with van der Waals surface area (Å²) in [4.78, 5) is 11.9. The van der Waals surface area contributed by atoms with Crippen LogP contribution in [-0.2, 0) is 4.74 Å². The highest BCUT2D eigenvalue weighted by atomic mass is 16.6. The van der Waals surface area contributed by atoms with Crippen LogP contribution in [0.15, 0.2) is 12.4 Å². The lowest BCUT2D eigenvalue weighted by Crippen LogP contribution is -2.42. The first-order chi connectivity index (χ1) is 10.4. The number of rotatable bonds is 2. The van der Waals surface area contributed by atoms with E-state index in [9.17, 15) is 4.79 Å². The van der Waals surface area contributed by atoms with E-state index in [0.29, 0.717) is 12.0 Å². The Bertz CT molecular complexity index is 509. The van der Waals surface area contributed by atoms with E-state index in [1.807, 2.05) is 31.6 Å². The van der Waals surface area contributed by atoms with Crippen LogP contribution in [0.5, 0.6) is 0 Å². The van der Waals surface area contributed by atoms with Crippen LogP contribution in [0.25, 0.3) is 0 Å². The number of carbonyl (C=O) groups is 1. The fourth-order valence-electron chi connectivity index (χ4n) is 3.95. The van der Waals surface area contributed by atoms with Gasteiger partial charge in [0.2, 0.25) is 0 Å². The number of hydrogen-bond acceptors (Lipinski definition) is 4. The van der Waals surface area contributed by atoms with E-state index in [1.54, 1.807) is 6.20 Å². The van der Waals surface area contributed by atoms with Gasteiger partial charge < -0.3 is 10.1 Å². The maximum atomic E-state index is 11.9. The van der Waals surface area contributed by atoms with Gasteiger partial charge >= 0.3 is 6.09 Å². The van der Waals surface area contributed by atoms with E-state index >= 15 is 0 Å². The summed E-state index contributed by atoms with van der Waals surface area (Å²) in [6.45, 7) is 5.68. The van der Waals surface area contributed by atoms with Crippen molar-refractivity contribution in [2.24, 2.45) is 11.8 Å². The molecule has 0 radical (unpaired) electrons. The van der Waals surface area contributed by atoms with E-state index in [1.165, 1.54) is 12.8 Å². The van der Waals surface area contributed by atoms with Gasteiger partial charge in [-0.1, -0.05) is 5.21 Å². The highest BCUT2D eigenvalue weighted by Crippen LogP contribution is 2.46. The molecule has 1 heterocycles. The normalized spacial score (nSPS) is 31.6. The average molecular weight is 306 g/mol. The third-order valence-corrected chi connectivity index (χ3v) is 4.83. The van der Waals surface area contributed by atoms with Crippen LogP contribution in [0, 0.1) is 11.8 Å². The quantitative estimate of drug-likeness (QED) is 0.912. The lowest BCUT2D eigenvalue weighted by molar-refractivity contribution is 0.0476. The molecule has 3 rings (SSSR count). The third-order valence-electron chi connectivity index (χ3n) is 4.83. The number of fused-ring (bicyclic) bond motifs is 1. The molecular formula is C16H26N4O2. The topological polar surface area (TPSA) is 69.0 Å². The summed E-state index contributed by atoms with van der Waals surface area (Å²) in [7, 11) is 0. The van der Waals surface area contributed by atoms with Crippen LogP contribution < -0.4 is 5.32 Å². The van der Waals surface area contributed by atoms with Crippen LogP contribution in [-0.4, -0.2) is 32.7 Å². The summed E-state index contributed by atoms with van der Waals surface area (Å²) in [5.41, 5.74) is -0.438. The summed E-state index contributed by atoms with van der Waals surface area (Å²) < 4.78 is 7.35. The van der Waals surface area contributed by atoms with Gasteiger partial charge in [0.05, 0.1) is 12.2 Å². The summed E-state index contributed by atoms with van der Waals surface area (Å²) in [6, 6.07) is 0.711. The van der Waals surface area contributed by atoms with Crippen molar-refractivity contribution in [3.05, 3.63) is 12.4 Å². The maximum absolute atomic E-state index is 11.9. The van der Waals surface area contributed by atoms with Gasteiger partial charge in [0.15, 0.2) is 0 Å². The second-order valence-electron chi connectivity index (χ2n) is 7.68. The molecule has 3 unspecified atom stereocenters. The molecule has 1 aromatic rings. The van der Waals surface area contributed by atoms with Crippen molar-refractivity contribution < 1.29 is 9.53 Å². The van der Waals surface area contributed by atoms with Crippen LogP contribution in [0.3, 0.4) is 0 Å². The Balaban J connectivity index is 1.52. The molecule has 122 valence electrons. The van der Waals surface area contributed by atoms with Gasteiger partial charge in [-0.2, -0.15) is 0 Å². The monoisotopic (exact) mass is 306 g/mol. The number of ether oxygens (including phenoxy) is 1. The smallest absolute Gasteiger partial charge is 0.407 e. The van der Waals surface area contributed by atoms with Crippen LogP contribution in [0.2, 0.25) is 0 Å². The molecule has 0 aliphatic heterocycles. The first-order valence-corrected chi connectivity index (χ1v) is 8.26. The minimum atomic E-state index is -0.438. The molecular weight excluding hydrogens is 280 g/mol. The lowest BCUT2D eigenvalue weighted by Gasteiger charge is -2.32. The SMILES string of the molecule is CC(C)(C)OC(=O)NC1CCC2CC(n3ccnn3)C[C@@H]2C1. The summed E-state index contributed by atoms with van der Waals surface area (Å²) in [5, 5.41) is 11.1. The number of aromatic nitrogens is 3. The fourth-order valence-corrected chi connectivity index (χ4v) is 3.95. The lowest BCUT2D eigenvalue weighted by atomic mass is 9.79. The summed E-state index contributed by atoms with van der Waals surface area (Å²) in [6.07, 6.45) is 9.01. The predicted molar refractivity (Wildman–Crippen MR) is 82.3 cm³/mol. The van der Waals surface area contributed by atoms with E-state index < -0.39 is 5.60 Å². The Morgan fingerprint density at radius 2 is 2.00 bits per heavy atom. The van der Waals surface area contributed by atoms with E-state index in [0.717, 1.165) is 25.2 Å². The van der Waals surface area contributed by atoms with Gasteiger partial charge in [-0.3, -0.25) is 0 Å². The van der Waals surface area contributed by atoms with Crippen molar-refractivity contribution in [3.63, 3.8) is 0 Å². The largest absolute Gasteiger partial charge is 0.444 e. The first kappa shape index (κ1) is 15.3. The van der Waals surface area contributed by atoms with Gasteiger partial charge in [0, 0.05) is 12.2 Å². The molecule has 1 N–H and O–H groups in total. The number of amides is 1. The van der Waals surface area contributed by atoms with Gasteiger partial charge in [0.25, 0.3) is 0 Å². The molecule has 0 spiro atoms. The minimum Gasteiger partial charge on any atom is -0.444 e. The Morgan fingerprint density at radius 1 is 1.23 bits per heavy atom. The van der Waals surface area contributed by atoms with Gasteiger partial charge in [0.1, 0.15) is 5.60 Å². The van der Waals surface area contributed by atoms with Crippen molar-refractivity contribution in [1.29, 1.82) is 0 Å². The number of carbonyl (C=O) groups excluding carboxylic acids is 1. The fraction of sp³-hybridized carbons (Fsp3) is 0.812. The number of hydrogen-bond donors (Lipinski definition) is 1. The third kappa shape index (κ3) is 3.59. The zero-order chi connectivity index (χ0) is 15.7. The standard InChI is InChI=1S/C16H26N4O2/c1-16(2,3)22-15(21)18-13-5-4-11-9-14(10-12(11)8-13)20-7-6-17-19-20/h6-7,11-14H,4-5,8-10H2,1-3H3,(H,18,21)/t11?,12-,13?,14?/m0/s1. The van der Waals surface area contributed by atoms with E-state index in [4.69, 9.17) is 4.74 Å². The van der Waals surface area contributed by atoms with Gasteiger partial charge in [-0.25, -0.2) is 9.48 Å². The molecule has 2 saturated carbocycles. The maximum Gasteiger partial charge on any atom is 0.407 e. The van der Waals surface area contributed by atoms with Gasteiger partial charge in [-0.05, 0) is 64.7 Å². The number of alkyl carbamates (subject to hydrolysis) is 1. The van der Waals surface area contributed by atoms with Crippen molar-refractivity contribution in [2.75, 3.05) is 0 Å². The van der Waals surface area contributed by atoms with Crippen molar-refractivity contribution >= 4 is 6.09 Å². The molecule has 22 heavy (non-hydrogen) atoms. The zero-order valence-corrected chi connectivity index (χ0v) is 13.7. The average Bonchev–Trinajstić information content (AvgIpc) is 3.04. The van der Waals surface area contributed by atoms with Crippen LogP contribution in [0.4, 0.5) is 4.79 Å². The summed E-state index contributed by atoms with van der Waals surface area (Å²) in [5.74, 6) is 1.42. The molecule has 1 aromatic heterocycles. The first-order valence-electron chi connectivity index (χ1n) is 8.26. The molecule has 1 amide bonds. The van der Waals surface area contributed by atoms with Crippen LogP contribution >= 0.6 is 0 Å². The van der Waals surface area contributed by atoms with Crippen molar-refractivity contribution in [1.82, 2.24) is 20.3 Å². The second-order valence-corrected chi connectivity index (χ2v) is 7.68. The molecule has 0 aromatic carbocycles. The summed E-state index contributed by atoms with van der Waals surface area (Å²) >= 11 is 0. The number of nitrogens with one attached hydrogen (secondary N) is 1. The minimum absolute atomic E-state index is 0.241. The van der Waals surface area contributed by atoms with Gasteiger partial charge in [-0.15, -0.1) is 5.10 Å².